The molecular weight excluding hydrogens is 426 g/mol. The summed E-state index contributed by atoms with van der Waals surface area (Å²) in [5, 5.41) is 2.82. The molecule has 0 atom stereocenters. The fraction of sp³-hybridized carbons (Fsp3) is 0.458. The lowest BCUT2D eigenvalue weighted by Crippen LogP contribution is -2.35. The van der Waals surface area contributed by atoms with Crippen molar-refractivity contribution in [2.24, 2.45) is 0 Å². The number of hydrogen-bond donors (Lipinski definition) is 1. The molecular formula is C24H33N3O4S. The van der Waals surface area contributed by atoms with Gasteiger partial charge in [0.05, 0.1) is 13.7 Å². The Bertz CT molecular complexity index is 1020. The van der Waals surface area contributed by atoms with E-state index in [1.165, 1.54) is 23.0 Å². The van der Waals surface area contributed by atoms with Crippen LogP contribution in [-0.2, 0) is 27.8 Å². The van der Waals surface area contributed by atoms with Crippen molar-refractivity contribution < 1.29 is 17.9 Å². The molecule has 32 heavy (non-hydrogen) atoms. The largest absolute Gasteiger partial charge is 0.495 e. The summed E-state index contributed by atoms with van der Waals surface area (Å²) < 4.78 is 33.1. The van der Waals surface area contributed by atoms with E-state index >= 15 is 0 Å². The van der Waals surface area contributed by atoms with Crippen molar-refractivity contribution in [1.29, 1.82) is 0 Å². The van der Waals surface area contributed by atoms with E-state index in [9.17, 15) is 13.2 Å². The first-order valence-corrected chi connectivity index (χ1v) is 12.5. The van der Waals surface area contributed by atoms with Crippen LogP contribution < -0.4 is 10.1 Å². The monoisotopic (exact) mass is 459 g/mol. The molecule has 0 aliphatic carbocycles. The molecule has 3 rings (SSSR count). The summed E-state index contributed by atoms with van der Waals surface area (Å²) in [5.74, 6) is 0.0744. The van der Waals surface area contributed by atoms with Crippen LogP contribution in [0.3, 0.4) is 0 Å². The Labute approximate surface area is 191 Å². The highest BCUT2D eigenvalue weighted by Crippen LogP contribution is 2.31. The molecule has 0 spiro atoms. The summed E-state index contributed by atoms with van der Waals surface area (Å²) in [7, 11) is -0.354. The minimum Gasteiger partial charge on any atom is -0.495 e. The number of likely N-dealkylation sites (N-methyl/N-ethyl adjacent to an activating group) is 1. The van der Waals surface area contributed by atoms with Gasteiger partial charge in [-0.25, -0.2) is 8.42 Å². The second-order valence-electron chi connectivity index (χ2n) is 8.22. The zero-order valence-electron chi connectivity index (χ0n) is 19.1. The fourth-order valence-electron chi connectivity index (χ4n) is 3.89. The van der Waals surface area contributed by atoms with Gasteiger partial charge in [0, 0.05) is 25.3 Å². The van der Waals surface area contributed by atoms with Crippen LogP contribution in [0.4, 0.5) is 5.69 Å². The highest BCUT2D eigenvalue weighted by Gasteiger charge is 2.29. The van der Waals surface area contributed by atoms with Crippen molar-refractivity contribution in [3.8, 4) is 5.75 Å². The average Bonchev–Trinajstić information content (AvgIpc) is 2.80. The molecule has 0 bridgehead atoms. The van der Waals surface area contributed by atoms with Gasteiger partial charge in [-0.2, -0.15) is 4.31 Å². The van der Waals surface area contributed by atoms with Crippen LogP contribution in [0.15, 0.2) is 47.4 Å². The SMILES string of the molecule is CCc1ccc(CN(C)CC(=O)Nc2ccc(OC)c(S(=O)(=O)N3CCCCC3)c2)cc1. The van der Waals surface area contributed by atoms with E-state index < -0.39 is 10.0 Å². The molecule has 1 fully saturated rings. The van der Waals surface area contributed by atoms with Gasteiger partial charge >= 0.3 is 0 Å². The molecule has 0 unspecified atom stereocenters. The lowest BCUT2D eigenvalue weighted by Gasteiger charge is -2.26. The maximum Gasteiger partial charge on any atom is 0.246 e. The van der Waals surface area contributed by atoms with E-state index in [1.807, 2.05) is 11.9 Å². The number of carbonyl (C=O) groups is 1. The van der Waals surface area contributed by atoms with Gasteiger partial charge in [0.25, 0.3) is 0 Å². The first kappa shape index (κ1) is 24.2. The standard InChI is InChI=1S/C24H33N3O4S/c1-4-19-8-10-20(11-9-19)17-26(2)18-24(28)25-21-12-13-22(31-3)23(16-21)32(29,30)27-14-6-5-7-15-27/h8-13,16H,4-7,14-15,17-18H2,1-3H3,(H,25,28). The number of nitrogens with zero attached hydrogens (tertiary/aromatic N) is 2. The van der Waals surface area contributed by atoms with Crippen molar-refractivity contribution in [3.05, 3.63) is 53.6 Å². The molecule has 1 saturated heterocycles. The zero-order valence-corrected chi connectivity index (χ0v) is 20.0. The second kappa shape index (κ2) is 10.9. The van der Waals surface area contributed by atoms with Crippen LogP contribution in [0.5, 0.6) is 5.75 Å². The number of sulfonamides is 1. The molecule has 174 valence electrons. The molecule has 1 aliphatic heterocycles. The normalized spacial score (nSPS) is 15.0. The zero-order chi connectivity index (χ0) is 23.1. The van der Waals surface area contributed by atoms with Crippen LogP contribution in [0.2, 0.25) is 0 Å². The molecule has 1 amide bonds. The van der Waals surface area contributed by atoms with E-state index in [2.05, 4.69) is 36.5 Å². The predicted molar refractivity (Wildman–Crippen MR) is 126 cm³/mol. The van der Waals surface area contributed by atoms with Crippen molar-refractivity contribution in [2.75, 3.05) is 39.1 Å². The van der Waals surface area contributed by atoms with Gasteiger partial charge in [0.2, 0.25) is 15.9 Å². The topological polar surface area (TPSA) is 79.0 Å². The Morgan fingerprint density at radius 3 is 2.34 bits per heavy atom. The van der Waals surface area contributed by atoms with Crippen LogP contribution in [0, 0.1) is 0 Å². The first-order chi connectivity index (χ1) is 15.3. The van der Waals surface area contributed by atoms with E-state index in [0.717, 1.165) is 31.2 Å². The lowest BCUT2D eigenvalue weighted by atomic mass is 10.1. The van der Waals surface area contributed by atoms with Crippen LogP contribution in [0.1, 0.15) is 37.3 Å². The third kappa shape index (κ3) is 6.09. The Balaban J connectivity index is 1.67. The highest BCUT2D eigenvalue weighted by atomic mass is 32.2. The number of amides is 1. The van der Waals surface area contributed by atoms with E-state index in [0.29, 0.717) is 25.3 Å². The Kier molecular flexibility index (Phi) is 8.28. The maximum absolute atomic E-state index is 13.2. The quantitative estimate of drug-likeness (QED) is 0.621. The van der Waals surface area contributed by atoms with Crippen molar-refractivity contribution in [2.45, 2.75) is 44.0 Å². The third-order valence-corrected chi connectivity index (χ3v) is 7.60. The summed E-state index contributed by atoms with van der Waals surface area (Å²) in [6, 6.07) is 13.1. The summed E-state index contributed by atoms with van der Waals surface area (Å²) >= 11 is 0. The molecule has 1 aliphatic rings. The third-order valence-electron chi connectivity index (χ3n) is 5.68. The molecule has 2 aromatic rings. The Hall–Kier alpha value is -2.42. The number of ether oxygens (including phenoxy) is 1. The van der Waals surface area contributed by atoms with Crippen LogP contribution in [-0.4, -0.2) is 57.3 Å². The second-order valence-corrected chi connectivity index (χ2v) is 10.1. The molecule has 0 saturated carbocycles. The molecule has 1 N–H and O–H groups in total. The number of hydrogen-bond acceptors (Lipinski definition) is 5. The molecule has 2 aromatic carbocycles. The molecule has 8 heteroatoms. The first-order valence-electron chi connectivity index (χ1n) is 11.1. The van der Waals surface area contributed by atoms with E-state index in [4.69, 9.17) is 4.74 Å². The number of rotatable bonds is 9. The summed E-state index contributed by atoms with van der Waals surface area (Å²) in [6.45, 7) is 3.97. The summed E-state index contributed by atoms with van der Waals surface area (Å²) in [5.41, 5.74) is 2.85. The summed E-state index contributed by atoms with van der Waals surface area (Å²) in [4.78, 5) is 14.6. The number of piperidine rings is 1. The smallest absolute Gasteiger partial charge is 0.246 e. The number of benzene rings is 2. The molecule has 0 aromatic heterocycles. The maximum atomic E-state index is 13.2. The predicted octanol–water partition coefficient (Wildman–Crippen LogP) is 3.50. The van der Waals surface area contributed by atoms with Gasteiger partial charge in [-0.05, 0) is 55.6 Å². The molecule has 1 heterocycles. The van der Waals surface area contributed by atoms with E-state index in [1.54, 1.807) is 12.1 Å². The minimum atomic E-state index is -3.69. The van der Waals surface area contributed by atoms with Gasteiger partial charge in [-0.15, -0.1) is 0 Å². The Morgan fingerprint density at radius 1 is 1.06 bits per heavy atom. The van der Waals surface area contributed by atoms with Gasteiger partial charge in [0.15, 0.2) is 0 Å². The van der Waals surface area contributed by atoms with Crippen LogP contribution >= 0.6 is 0 Å². The number of nitrogens with one attached hydrogen (secondary N) is 1. The minimum absolute atomic E-state index is 0.0871. The van der Waals surface area contributed by atoms with Crippen molar-refractivity contribution in [3.63, 3.8) is 0 Å². The van der Waals surface area contributed by atoms with Crippen molar-refractivity contribution >= 4 is 21.6 Å². The van der Waals surface area contributed by atoms with Crippen LogP contribution in [0.25, 0.3) is 0 Å². The highest BCUT2D eigenvalue weighted by molar-refractivity contribution is 7.89. The fourth-order valence-corrected chi connectivity index (χ4v) is 5.59. The van der Waals surface area contributed by atoms with Gasteiger partial charge in [-0.1, -0.05) is 37.6 Å². The molecule has 7 nitrogen and oxygen atoms in total. The van der Waals surface area contributed by atoms with Gasteiger partial charge < -0.3 is 10.1 Å². The van der Waals surface area contributed by atoms with Gasteiger partial charge in [0.1, 0.15) is 10.6 Å². The number of anilines is 1. The Morgan fingerprint density at radius 2 is 1.72 bits per heavy atom. The lowest BCUT2D eigenvalue weighted by molar-refractivity contribution is -0.117. The summed E-state index contributed by atoms with van der Waals surface area (Å²) in [6.07, 6.45) is 3.74. The number of aryl methyl sites for hydroxylation is 1. The number of carbonyl (C=O) groups excluding carboxylic acids is 1. The van der Waals surface area contributed by atoms with Gasteiger partial charge in [-0.3, -0.25) is 9.69 Å². The van der Waals surface area contributed by atoms with Crippen molar-refractivity contribution in [1.82, 2.24) is 9.21 Å². The average molecular weight is 460 g/mol. The molecule has 0 radical (unpaired) electrons. The van der Waals surface area contributed by atoms with E-state index in [-0.39, 0.29) is 23.1 Å². The number of methoxy groups -OCH3 is 1.